The quantitative estimate of drug-likeness (QED) is 0.706. The summed E-state index contributed by atoms with van der Waals surface area (Å²) in [7, 11) is -3.51. The number of rotatable bonds is 5. The van der Waals surface area contributed by atoms with Gasteiger partial charge in [-0.1, -0.05) is 29.8 Å². The van der Waals surface area contributed by atoms with Crippen molar-refractivity contribution in [1.29, 1.82) is 0 Å². The normalized spacial score (nSPS) is 19.7. The zero-order valence-electron chi connectivity index (χ0n) is 13.1. The zero-order valence-corrected chi connectivity index (χ0v) is 15.5. The third-order valence-corrected chi connectivity index (χ3v) is 7.55. The van der Waals surface area contributed by atoms with E-state index in [9.17, 15) is 8.42 Å². The van der Waals surface area contributed by atoms with Crippen molar-refractivity contribution in [1.82, 2.24) is 9.71 Å². The number of nitrogens with zero attached hydrogens (tertiary/aromatic N) is 1. The molecule has 128 valence electrons. The Morgan fingerprint density at radius 1 is 1.12 bits per heavy atom. The van der Waals surface area contributed by atoms with Gasteiger partial charge in [-0.3, -0.25) is 4.98 Å². The van der Waals surface area contributed by atoms with Crippen molar-refractivity contribution in [3.05, 3.63) is 71.5 Å². The van der Waals surface area contributed by atoms with Crippen LogP contribution >= 0.6 is 22.9 Å². The van der Waals surface area contributed by atoms with Crippen molar-refractivity contribution in [2.45, 2.75) is 22.6 Å². The van der Waals surface area contributed by atoms with Crippen molar-refractivity contribution < 1.29 is 8.42 Å². The van der Waals surface area contributed by atoms with Gasteiger partial charge in [0.05, 0.1) is 0 Å². The molecule has 0 amide bonds. The minimum absolute atomic E-state index is 0.0599. The maximum absolute atomic E-state index is 12.6. The van der Waals surface area contributed by atoms with E-state index in [1.165, 1.54) is 11.3 Å². The molecule has 2 aromatic heterocycles. The molecule has 0 bridgehead atoms. The molecule has 25 heavy (non-hydrogen) atoms. The molecule has 1 aliphatic carbocycles. The van der Waals surface area contributed by atoms with Crippen LogP contribution < -0.4 is 4.72 Å². The third kappa shape index (κ3) is 3.62. The maximum atomic E-state index is 12.6. The lowest BCUT2D eigenvalue weighted by Gasteiger charge is -2.04. The highest BCUT2D eigenvalue weighted by Gasteiger charge is 2.41. The summed E-state index contributed by atoms with van der Waals surface area (Å²) in [6, 6.07) is 14.6. The van der Waals surface area contributed by atoms with E-state index < -0.39 is 10.0 Å². The molecule has 3 aromatic rings. The molecular formula is C18H15ClN2O2S2. The van der Waals surface area contributed by atoms with Gasteiger partial charge in [0.15, 0.2) is 0 Å². The Labute approximate surface area is 155 Å². The van der Waals surface area contributed by atoms with Crippen molar-refractivity contribution in [3.8, 4) is 10.4 Å². The summed E-state index contributed by atoms with van der Waals surface area (Å²) in [6.45, 7) is 0. The lowest BCUT2D eigenvalue weighted by molar-refractivity contribution is 0.582. The maximum Gasteiger partial charge on any atom is 0.250 e. The lowest BCUT2D eigenvalue weighted by Crippen LogP contribution is -2.26. The van der Waals surface area contributed by atoms with Gasteiger partial charge >= 0.3 is 0 Å². The van der Waals surface area contributed by atoms with Crippen molar-refractivity contribution in [2.75, 3.05) is 0 Å². The summed E-state index contributed by atoms with van der Waals surface area (Å²) in [5.74, 6) is 0.208. The first-order valence-corrected chi connectivity index (χ1v) is 10.5. The van der Waals surface area contributed by atoms with E-state index in [0.29, 0.717) is 9.23 Å². The number of thiophene rings is 1. The second kappa shape index (κ2) is 6.53. The van der Waals surface area contributed by atoms with Gasteiger partial charge in [0.2, 0.25) is 10.0 Å². The zero-order chi connectivity index (χ0) is 17.4. The number of benzene rings is 1. The second-order valence-corrected chi connectivity index (χ2v) is 9.44. The van der Waals surface area contributed by atoms with Crippen LogP contribution in [-0.4, -0.2) is 19.4 Å². The van der Waals surface area contributed by atoms with Crippen molar-refractivity contribution in [2.24, 2.45) is 0 Å². The summed E-state index contributed by atoms with van der Waals surface area (Å²) in [5, 5.41) is 0.657. The number of halogens is 1. The molecule has 2 heterocycles. The predicted octanol–water partition coefficient (Wildman–Crippen LogP) is 4.30. The number of nitrogens with one attached hydrogen (secondary N) is 1. The average Bonchev–Trinajstić information content (AvgIpc) is 3.17. The largest absolute Gasteiger partial charge is 0.264 e. The molecule has 1 N–H and O–H groups in total. The number of pyridine rings is 1. The molecule has 0 unspecified atom stereocenters. The Kier molecular flexibility index (Phi) is 4.37. The molecule has 0 aliphatic heterocycles. The monoisotopic (exact) mass is 390 g/mol. The van der Waals surface area contributed by atoms with Gasteiger partial charge in [-0.2, -0.15) is 0 Å². The fraction of sp³-hybridized carbons (Fsp3) is 0.167. The van der Waals surface area contributed by atoms with E-state index in [4.69, 9.17) is 11.6 Å². The van der Waals surface area contributed by atoms with Gasteiger partial charge in [0.25, 0.3) is 0 Å². The van der Waals surface area contributed by atoms with Crippen LogP contribution in [0, 0.1) is 0 Å². The predicted molar refractivity (Wildman–Crippen MR) is 100 cm³/mol. The van der Waals surface area contributed by atoms with Gasteiger partial charge in [-0.15, -0.1) is 11.3 Å². The standard InChI is InChI=1S/C18H15ClN2O2S2/c19-14-5-3-12(4-6-14)17-7-8-18(24-17)25(22,23)21-16-10-15(16)13-2-1-9-20-11-13/h1-9,11,15-16,21H,10H2/t15-,16+/m0/s1. The summed E-state index contributed by atoms with van der Waals surface area (Å²) in [4.78, 5) is 4.99. The number of aromatic nitrogens is 1. The van der Waals surface area contributed by atoms with Gasteiger partial charge in [0, 0.05) is 34.3 Å². The Morgan fingerprint density at radius 3 is 2.64 bits per heavy atom. The Morgan fingerprint density at radius 2 is 1.92 bits per heavy atom. The molecule has 4 rings (SSSR count). The van der Waals surface area contributed by atoms with E-state index in [0.717, 1.165) is 22.4 Å². The van der Waals surface area contributed by atoms with E-state index in [-0.39, 0.29) is 12.0 Å². The topological polar surface area (TPSA) is 59.1 Å². The van der Waals surface area contributed by atoms with Gasteiger partial charge < -0.3 is 0 Å². The molecule has 1 aliphatic rings. The van der Waals surface area contributed by atoms with E-state index in [1.807, 2.05) is 30.3 Å². The fourth-order valence-electron chi connectivity index (χ4n) is 2.78. The van der Waals surface area contributed by atoms with Crippen LogP contribution in [-0.2, 0) is 10.0 Å². The first kappa shape index (κ1) is 16.7. The van der Waals surface area contributed by atoms with E-state index in [2.05, 4.69) is 9.71 Å². The number of hydrogen-bond donors (Lipinski definition) is 1. The Balaban J connectivity index is 1.49. The highest BCUT2D eigenvalue weighted by atomic mass is 35.5. The van der Waals surface area contributed by atoms with Crippen LogP contribution in [0.2, 0.25) is 5.02 Å². The minimum Gasteiger partial charge on any atom is -0.264 e. The summed E-state index contributed by atoms with van der Waals surface area (Å²) in [5.41, 5.74) is 2.03. The van der Waals surface area contributed by atoms with Crippen LogP contribution in [0.3, 0.4) is 0 Å². The minimum atomic E-state index is -3.51. The van der Waals surface area contributed by atoms with E-state index in [1.54, 1.807) is 30.6 Å². The fourth-order valence-corrected chi connectivity index (χ4v) is 5.52. The lowest BCUT2D eigenvalue weighted by atomic mass is 10.2. The first-order valence-electron chi connectivity index (χ1n) is 7.81. The molecule has 0 spiro atoms. The van der Waals surface area contributed by atoms with Crippen molar-refractivity contribution in [3.63, 3.8) is 0 Å². The van der Waals surface area contributed by atoms with Crippen LogP contribution in [0.1, 0.15) is 17.9 Å². The van der Waals surface area contributed by atoms with E-state index >= 15 is 0 Å². The smallest absolute Gasteiger partial charge is 0.250 e. The Bertz CT molecular complexity index is 985. The molecule has 0 saturated heterocycles. The van der Waals surface area contributed by atoms with Crippen LogP contribution in [0.4, 0.5) is 0 Å². The number of sulfonamides is 1. The van der Waals surface area contributed by atoms with Crippen LogP contribution in [0.15, 0.2) is 65.1 Å². The molecule has 2 atom stereocenters. The first-order chi connectivity index (χ1) is 12.0. The molecule has 1 aromatic carbocycles. The second-order valence-electron chi connectivity index (χ2n) is 5.98. The van der Waals surface area contributed by atoms with Crippen LogP contribution in [0.25, 0.3) is 10.4 Å². The molecular weight excluding hydrogens is 376 g/mol. The summed E-state index contributed by atoms with van der Waals surface area (Å²) >= 11 is 7.16. The highest BCUT2D eigenvalue weighted by Crippen LogP contribution is 2.41. The average molecular weight is 391 g/mol. The molecule has 1 fully saturated rings. The molecule has 1 saturated carbocycles. The Hall–Kier alpha value is -1.73. The summed E-state index contributed by atoms with van der Waals surface area (Å²) < 4.78 is 28.4. The third-order valence-electron chi connectivity index (χ3n) is 4.18. The molecule has 0 radical (unpaired) electrons. The molecule has 7 heteroatoms. The van der Waals surface area contributed by atoms with Gasteiger partial charge in [-0.05, 0) is 47.9 Å². The summed E-state index contributed by atoms with van der Waals surface area (Å²) in [6.07, 6.45) is 4.32. The molecule has 4 nitrogen and oxygen atoms in total. The van der Waals surface area contributed by atoms with Crippen molar-refractivity contribution >= 4 is 33.0 Å². The highest BCUT2D eigenvalue weighted by molar-refractivity contribution is 7.91. The number of hydrogen-bond acceptors (Lipinski definition) is 4. The van der Waals surface area contributed by atoms with Crippen LogP contribution in [0.5, 0.6) is 0 Å². The van der Waals surface area contributed by atoms with Gasteiger partial charge in [-0.25, -0.2) is 13.1 Å². The SMILES string of the molecule is O=S(=O)(N[C@@H]1C[C@H]1c1cccnc1)c1ccc(-c2ccc(Cl)cc2)s1. The van der Waals surface area contributed by atoms with Gasteiger partial charge in [0.1, 0.15) is 4.21 Å².